The Kier molecular flexibility index (Phi) is 8.56. The molecule has 0 spiro atoms. The monoisotopic (exact) mass is 613 g/mol. The number of nitrogens with zero attached hydrogens (tertiary/aromatic N) is 3. The quantitative estimate of drug-likeness (QED) is 0.178. The molecule has 2 atom stereocenters. The molecule has 13 heteroatoms. The van der Waals surface area contributed by atoms with E-state index in [1.165, 1.54) is 24.5 Å². The van der Waals surface area contributed by atoms with Crippen LogP contribution in [0.2, 0.25) is 0 Å². The number of benzene rings is 2. The van der Waals surface area contributed by atoms with Gasteiger partial charge >= 0.3 is 6.18 Å². The van der Waals surface area contributed by atoms with Crippen LogP contribution in [0, 0.1) is 17.5 Å². The number of alkyl halides is 3. The van der Waals surface area contributed by atoms with E-state index in [1.807, 2.05) is 0 Å². The van der Waals surface area contributed by atoms with Crippen molar-refractivity contribution in [2.75, 3.05) is 0 Å². The van der Waals surface area contributed by atoms with Crippen LogP contribution in [-0.2, 0) is 23.9 Å². The lowest BCUT2D eigenvalue weighted by Gasteiger charge is -2.22. The van der Waals surface area contributed by atoms with Crippen LogP contribution in [0.3, 0.4) is 0 Å². The maximum absolute atomic E-state index is 14.2. The van der Waals surface area contributed by atoms with Crippen LogP contribution < -0.4 is 11.1 Å². The highest BCUT2D eigenvalue weighted by molar-refractivity contribution is 5.94. The van der Waals surface area contributed by atoms with Gasteiger partial charge in [-0.3, -0.25) is 19.3 Å². The number of rotatable bonds is 9. The van der Waals surface area contributed by atoms with Gasteiger partial charge in [-0.2, -0.15) is 18.3 Å². The average molecular weight is 614 g/mol. The number of carbonyl (C=O) groups is 2. The number of nitrogens with one attached hydrogen (secondary N) is 1. The molecular formula is C31H25F6N5O2. The first-order valence-electron chi connectivity index (χ1n) is 13.5. The lowest BCUT2D eigenvalue weighted by Crippen LogP contribution is -2.34. The van der Waals surface area contributed by atoms with Crippen LogP contribution in [0.15, 0.2) is 73.1 Å². The van der Waals surface area contributed by atoms with E-state index in [4.69, 9.17) is 5.73 Å². The fourth-order valence-electron chi connectivity index (χ4n) is 5.29. The lowest BCUT2D eigenvalue weighted by molar-refractivity contribution is -0.142. The largest absolute Gasteiger partial charge is 0.435 e. The van der Waals surface area contributed by atoms with Crippen molar-refractivity contribution in [3.8, 4) is 11.1 Å². The highest BCUT2D eigenvalue weighted by Gasteiger charge is 2.39. The van der Waals surface area contributed by atoms with Crippen molar-refractivity contribution in [2.24, 2.45) is 5.73 Å². The molecule has 7 nitrogen and oxygen atoms in total. The van der Waals surface area contributed by atoms with Crippen molar-refractivity contribution < 1.29 is 35.9 Å². The number of hydrogen-bond acceptors (Lipinski definition) is 4. The van der Waals surface area contributed by atoms with E-state index in [9.17, 15) is 35.9 Å². The van der Waals surface area contributed by atoms with E-state index < -0.39 is 65.2 Å². The second kappa shape index (κ2) is 12.3. The van der Waals surface area contributed by atoms with Crippen LogP contribution in [0.1, 0.15) is 57.7 Å². The van der Waals surface area contributed by atoms with Gasteiger partial charge in [0.15, 0.2) is 5.69 Å². The predicted octanol–water partition coefficient (Wildman–Crippen LogP) is 6.01. The van der Waals surface area contributed by atoms with Crippen LogP contribution in [0.5, 0.6) is 0 Å². The number of aromatic nitrogens is 3. The zero-order valence-corrected chi connectivity index (χ0v) is 22.9. The molecule has 2 heterocycles. The summed E-state index contributed by atoms with van der Waals surface area (Å²) < 4.78 is 84.6. The van der Waals surface area contributed by atoms with E-state index in [1.54, 1.807) is 24.3 Å². The van der Waals surface area contributed by atoms with Gasteiger partial charge in [0, 0.05) is 35.5 Å². The third-order valence-electron chi connectivity index (χ3n) is 7.19. The molecule has 2 unspecified atom stereocenters. The molecule has 4 aromatic rings. The number of nitrogens with two attached hydrogens (primary N) is 1. The van der Waals surface area contributed by atoms with Gasteiger partial charge in [-0.05, 0) is 60.7 Å². The van der Waals surface area contributed by atoms with Crippen LogP contribution in [0.25, 0.3) is 11.1 Å². The van der Waals surface area contributed by atoms with Gasteiger partial charge in [0.05, 0.1) is 17.3 Å². The average Bonchev–Trinajstić information content (AvgIpc) is 3.63. The van der Waals surface area contributed by atoms with E-state index in [0.29, 0.717) is 30.0 Å². The number of amides is 2. The molecule has 0 saturated heterocycles. The fraction of sp³-hybridized carbons (Fsp3) is 0.226. The Morgan fingerprint density at radius 1 is 1.07 bits per heavy atom. The van der Waals surface area contributed by atoms with E-state index >= 15 is 0 Å². The summed E-state index contributed by atoms with van der Waals surface area (Å²) in [7, 11) is 0. The summed E-state index contributed by atoms with van der Waals surface area (Å²) in [5.74, 6) is -4.83. The van der Waals surface area contributed by atoms with E-state index in [-0.39, 0.29) is 23.2 Å². The summed E-state index contributed by atoms with van der Waals surface area (Å²) in [6, 6.07) is 8.48. The van der Waals surface area contributed by atoms with Crippen molar-refractivity contribution >= 4 is 11.8 Å². The van der Waals surface area contributed by atoms with Crippen molar-refractivity contribution in [1.29, 1.82) is 0 Å². The van der Waals surface area contributed by atoms with Crippen LogP contribution >= 0.6 is 0 Å². The van der Waals surface area contributed by atoms with Gasteiger partial charge in [0.2, 0.25) is 5.91 Å². The third-order valence-corrected chi connectivity index (χ3v) is 7.19. The van der Waals surface area contributed by atoms with Crippen LogP contribution in [0.4, 0.5) is 26.3 Å². The Morgan fingerprint density at radius 3 is 2.48 bits per heavy atom. The molecule has 3 N–H and O–H groups in total. The zero-order valence-electron chi connectivity index (χ0n) is 22.9. The number of carbonyl (C=O) groups excluding carboxylic acids is 2. The minimum Gasteiger partial charge on any atom is -0.366 e. The third kappa shape index (κ3) is 6.82. The highest BCUT2D eigenvalue weighted by atomic mass is 19.4. The summed E-state index contributed by atoms with van der Waals surface area (Å²) in [6.07, 6.45) is 2.23. The van der Waals surface area contributed by atoms with Gasteiger partial charge in [-0.15, -0.1) is 0 Å². The molecule has 0 aliphatic heterocycles. The molecule has 1 aliphatic rings. The maximum Gasteiger partial charge on any atom is 0.435 e. The highest BCUT2D eigenvalue weighted by Crippen LogP contribution is 2.38. The minimum atomic E-state index is -4.74. The molecule has 228 valence electrons. The standard InChI is InChI=1S/C31H25F6N5O2/c32-20-10-17(11-21(33)14-20)12-26(28-22(6-3-9-39-28)19-7-8-25(34)23(13-19)30(38)44)40-27(43)16-42-15-24(18-4-1-2-5-18)29(41-42)31(35,36)37/h1,3-4,6-11,13-15,18,26H,2,5,12,16H2,(H2,38,44)(H,40,43). The Balaban J connectivity index is 1.50. The Morgan fingerprint density at radius 2 is 1.82 bits per heavy atom. The zero-order chi connectivity index (χ0) is 31.6. The van der Waals surface area contributed by atoms with Crippen molar-refractivity contribution in [3.63, 3.8) is 0 Å². The normalized spacial score (nSPS) is 15.4. The van der Waals surface area contributed by atoms with Gasteiger partial charge in [0.1, 0.15) is 24.0 Å². The minimum absolute atomic E-state index is 0.0422. The molecule has 44 heavy (non-hydrogen) atoms. The molecule has 2 amide bonds. The van der Waals surface area contributed by atoms with Crippen molar-refractivity contribution in [3.05, 3.63) is 119 Å². The Bertz CT molecular complexity index is 1730. The topological polar surface area (TPSA) is 103 Å². The Hall–Kier alpha value is -4.94. The summed E-state index contributed by atoms with van der Waals surface area (Å²) in [6.45, 7) is -0.599. The van der Waals surface area contributed by atoms with E-state index in [0.717, 1.165) is 22.9 Å². The SMILES string of the molecule is NC(=O)c1cc(-c2cccnc2C(Cc2cc(F)cc(F)c2)NC(=O)Cn2cc(C3C=CCC3)c(C(F)(F)F)n2)ccc1F. The molecule has 0 fully saturated rings. The molecule has 1 aliphatic carbocycles. The van der Waals surface area contributed by atoms with Gasteiger partial charge in [-0.1, -0.05) is 24.3 Å². The first-order chi connectivity index (χ1) is 20.9. The number of primary amides is 1. The van der Waals surface area contributed by atoms with Gasteiger partial charge in [0.25, 0.3) is 5.91 Å². The molecule has 2 aromatic heterocycles. The summed E-state index contributed by atoms with van der Waals surface area (Å²) in [4.78, 5) is 29.4. The lowest BCUT2D eigenvalue weighted by atomic mass is 9.94. The second-order valence-corrected chi connectivity index (χ2v) is 10.3. The maximum atomic E-state index is 14.2. The molecule has 5 rings (SSSR count). The molecular weight excluding hydrogens is 588 g/mol. The second-order valence-electron chi connectivity index (χ2n) is 10.3. The first kappa shape index (κ1) is 30.5. The van der Waals surface area contributed by atoms with Gasteiger partial charge < -0.3 is 11.1 Å². The Labute approximate surface area is 247 Å². The summed E-state index contributed by atoms with van der Waals surface area (Å²) >= 11 is 0. The van der Waals surface area contributed by atoms with Crippen molar-refractivity contribution in [2.45, 2.75) is 43.9 Å². The smallest absolute Gasteiger partial charge is 0.366 e. The summed E-state index contributed by atoms with van der Waals surface area (Å²) in [5, 5.41) is 6.35. The fourth-order valence-corrected chi connectivity index (χ4v) is 5.29. The predicted molar refractivity (Wildman–Crippen MR) is 147 cm³/mol. The number of allylic oxidation sites excluding steroid dienone is 2. The number of pyridine rings is 1. The van der Waals surface area contributed by atoms with Crippen molar-refractivity contribution in [1.82, 2.24) is 20.1 Å². The van der Waals surface area contributed by atoms with Crippen LogP contribution in [-0.4, -0.2) is 26.6 Å². The molecule has 2 aromatic carbocycles. The summed E-state index contributed by atoms with van der Waals surface area (Å²) in [5.41, 5.74) is 4.77. The van der Waals surface area contributed by atoms with Gasteiger partial charge in [-0.25, -0.2) is 13.2 Å². The van der Waals surface area contributed by atoms with E-state index in [2.05, 4.69) is 15.4 Å². The molecule has 0 bridgehead atoms. The number of hydrogen-bond donors (Lipinski definition) is 2. The molecule has 0 saturated carbocycles. The first-order valence-corrected chi connectivity index (χ1v) is 13.5. The number of halogens is 6. The molecule has 0 radical (unpaired) electrons.